The quantitative estimate of drug-likeness (QED) is 0.732. The molecule has 3 aliphatic rings. The molecule has 2 saturated heterocycles. The van der Waals surface area contributed by atoms with Crippen LogP contribution in [0.25, 0.3) is 0 Å². The molecule has 3 heterocycles. The second kappa shape index (κ2) is 3.70. The smallest absolute Gasteiger partial charge is 0.346 e. The van der Waals surface area contributed by atoms with Gasteiger partial charge in [0.15, 0.2) is 0 Å². The fourth-order valence-corrected chi connectivity index (χ4v) is 3.88. The van der Waals surface area contributed by atoms with E-state index in [1.54, 1.807) is 0 Å². The average molecular weight is 236 g/mol. The summed E-state index contributed by atoms with van der Waals surface area (Å²) in [4.78, 5) is 20.3. The Morgan fingerprint density at radius 2 is 2.29 bits per heavy atom. The molecule has 94 valence electrons. The number of likely N-dealkylation sites (N-methyl/N-ethyl adjacent to an activating group) is 1. The van der Waals surface area contributed by atoms with E-state index in [0.717, 1.165) is 25.9 Å². The van der Waals surface area contributed by atoms with Crippen LogP contribution in [-0.2, 0) is 0 Å². The number of hydrogen-bond donors (Lipinski definition) is 1. The number of carbonyl (C=O) groups is 1. The van der Waals surface area contributed by atoms with Gasteiger partial charge in [-0.15, -0.1) is 0 Å². The Balaban J connectivity index is 1.99. The largest absolute Gasteiger partial charge is 0.385 e. The summed E-state index contributed by atoms with van der Waals surface area (Å²) in [7, 11) is 0. The number of rotatable bonds is 1. The summed E-state index contributed by atoms with van der Waals surface area (Å²) in [5.41, 5.74) is 5.81. The maximum absolute atomic E-state index is 11.9. The maximum atomic E-state index is 11.9. The number of nitrogens with two attached hydrogens (primary N) is 1. The minimum atomic E-state index is -0.285. The van der Waals surface area contributed by atoms with Crippen LogP contribution in [0.5, 0.6) is 0 Å². The minimum absolute atomic E-state index is 0.141. The Kier molecular flexibility index (Phi) is 2.40. The van der Waals surface area contributed by atoms with E-state index in [1.165, 1.54) is 12.8 Å². The molecular formula is C12H20N4O. The molecule has 2 fully saturated rings. The molecule has 3 aliphatic heterocycles. The molecule has 0 aromatic heterocycles. The van der Waals surface area contributed by atoms with E-state index in [4.69, 9.17) is 5.73 Å². The van der Waals surface area contributed by atoms with Gasteiger partial charge in [-0.2, -0.15) is 4.99 Å². The first-order chi connectivity index (χ1) is 8.20. The highest BCUT2D eigenvalue weighted by atomic mass is 16.2. The summed E-state index contributed by atoms with van der Waals surface area (Å²) >= 11 is 0. The van der Waals surface area contributed by atoms with E-state index in [0.29, 0.717) is 18.4 Å². The molecule has 2 unspecified atom stereocenters. The van der Waals surface area contributed by atoms with Crippen molar-refractivity contribution in [3.8, 4) is 0 Å². The molecule has 0 aliphatic carbocycles. The number of amides is 2. The summed E-state index contributed by atoms with van der Waals surface area (Å²) in [5.74, 6) is 0.554. The fraction of sp³-hybridized carbons (Fsp3) is 0.833. The number of hydrogen-bond acceptors (Lipinski definition) is 3. The minimum Gasteiger partial charge on any atom is -0.385 e. The van der Waals surface area contributed by atoms with Crippen molar-refractivity contribution < 1.29 is 4.79 Å². The summed E-state index contributed by atoms with van der Waals surface area (Å²) in [6, 6.07) is 0.254. The third kappa shape index (κ3) is 1.29. The van der Waals surface area contributed by atoms with Crippen LogP contribution in [0.4, 0.5) is 4.79 Å². The molecule has 0 radical (unpaired) electrons. The molecule has 2 atom stereocenters. The second-order valence-electron chi connectivity index (χ2n) is 5.25. The van der Waals surface area contributed by atoms with Crippen molar-refractivity contribution in [1.29, 1.82) is 0 Å². The standard InChI is InChI=1S/C12H20N4O/c1-2-16-11(17)14-10(13)12(16)6-8-15-7-4-3-5-9(12)15/h9H,2-8H2,1H3,(H2,13,14,17). The first kappa shape index (κ1) is 11.0. The molecular weight excluding hydrogens is 216 g/mol. The molecule has 0 aromatic rings. The lowest BCUT2D eigenvalue weighted by Gasteiger charge is -2.42. The van der Waals surface area contributed by atoms with Gasteiger partial charge in [0.2, 0.25) is 0 Å². The lowest BCUT2D eigenvalue weighted by molar-refractivity contribution is 0.110. The van der Waals surface area contributed by atoms with Crippen LogP contribution in [0.15, 0.2) is 4.99 Å². The SMILES string of the molecule is CCN1C(=O)N=C(N)C12CCN1CCCCC12. The van der Waals surface area contributed by atoms with Crippen molar-refractivity contribution in [3.63, 3.8) is 0 Å². The van der Waals surface area contributed by atoms with E-state index >= 15 is 0 Å². The number of urea groups is 1. The van der Waals surface area contributed by atoms with Crippen molar-refractivity contribution in [2.45, 2.75) is 44.2 Å². The third-order valence-corrected chi connectivity index (χ3v) is 4.63. The van der Waals surface area contributed by atoms with Gasteiger partial charge in [0.25, 0.3) is 0 Å². The Bertz CT molecular complexity index is 381. The van der Waals surface area contributed by atoms with Gasteiger partial charge in [0, 0.05) is 19.1 Å². The predicted octanol–water partition coefficient (Wildman–Crippen LogP) is 0.796. The Morgan fingerprint density at radius 3 is 3.06 bits per heavy atom. The van der Waals surface area contributed by atoms with Crippen LogP contribution in [0, 0.1) is 0 Å². The predicted molar refractivity (Wildman–Crippen MR) is 66.0 cm³/mol. The van der Waals surface area contributed by atoms with Crippen molar-refractivity contribution in [2.75, 3.05) is 19.6 Å². The number of nitrogens with zero attached hydrogens (tertiary/aromatic N) is 3. The van der Waals surface area contributed by atoms with Crippen molar-refractivity contribution in [2.24, 2.45) is 10.7 Å². The fourth-order valence-electron chi connectivity index (χ4n) is 3.88. The maximum Gasteiger partial charge on any atom is 0.346 e. The van der Waals surface area contributed by atoms with E-state index in [1.807, 2.05) is 11.8 Å². The lowest BCUT2D eigenvalue weighted by Crippen LogP contribution is -2.62. The number of aliphatic imine (C=N–C) groups is 1. The first-order valence-corrected chi connectivity index (χ1v) is 6.60. The summed E-state index contributed by atoms with van der Waals surface area (Å²) < 4.78 is 0. The average Bonchev–Trinajstić information content (AvgIpc) is 2.82. The van der Waals surface area contributed by atoms with Crippen molar-refractivity contribution in [3.05, 3.63) is 0 Å². The Morgan fingerprint density at radius 1 is 1.47 bits per heavy atom. The van der Waals surface area contributed by atoms with Gasteiger partial charge in [-0.1, -0.05) is 6.42 Å². The van der Waals surface area contributed by atoms with Crippen molar-refractivity contribution in [1.82, 2.24) is 9.80 Å². The van der Waals surface area contributed by atoms with Gasteiger partial charge in [-0.3, -0.25) is 4.90 Å². The van der Waals surface area contributed by atoms with Gasteiger partial charge in [-0.25, -0.2) is 4.79 Å². The molecule has 2 amide bonds. The van der Waals surface area contributed by atoms with Crippen LogP contribution in [0.3, 0.4) is 0 Å². The zero-order chi connectivity index (χ0) is 12.0. The van der Waals surface area contributed by atoms with E-state index in [2.05, 4.69) is 9.89 Å². The molecule has 5 nitrogen and oxygen atoms in total. The van der Waals surface area contributed by atoms with Crippen LogP contribution in [0.1, 0.15) is 32.6 Å². The second-order valence-corrected chi connectivity index (χ2v) is 5.25. The highest BCUT2D eigenvalue weighted by Gasteiger charge is 2.58. The van der Waals surface area contributed by atoms with Gasteiger partial charge >= 0.3 is 6.03 Å². The summed E-state index contributed by atoms with van der Waals surface area (Å²) in [5, 5.41) is 0. The van der Waals surface area contributed by atoms with Crippen LogP contribution < -0.4 is 5.73 Å². The molecule has 0 bridgehead atoms. The van der Waals surface area contributed by atoms with Gasteiger partial charge < -0.3 is 10.6 Å². The Labute approximate surface area is 102 Å². The number of amidine groups is 1. The number of carbonyl (C=O) groups excluding carboxylic acids is 1. The van der Waals surface area contributed by atoms with Crippen LogP contribution in [0.2, 0.25) is 0 Å². The zero-order valence-electron chi connectivity index (χ0n) is 10.4. The van der Waals surface area contributed by atoms with Gasteiger partial charge in [-0.05, 0) is 32.7 Å². The zero-order valence-corrected chi connectivity index (χ0v) is 10.4. The van der Waals surface area contributed by atoms with E-state index < -0.39 is 0 Å². The molecule has 17 heavy (non-hydrogen) atoms. The van der Waals surface area contributed by atoms with Crippen molar-refractivity contribution >= 4 is 11.9 Å². The molecule has 5 heteroatoms. The van der Waals surface area contributed by atoms with Crippen LogP contribution in [-0.4, -0.2) is 52.9 Å². The normalized spacial score (nSPS) is 37.7. The highest BCUT2D eigenvalue weighted by molar-refractivity contribution is 6.06. The number of fused-ring (bicyclic) bond motifs is 2. The third-order valence-electron chi connectivity index (χ3n) is 4.63. The van der Waals surface area contributed by atoms with Gasteiger partial charge in [0.1, 0.15) is 11.4 Å². The Hall–Kier alpha value is -1.10. The molecule has 2 N–H and O–H groups in total. The van der Waals surface area contributed by atoms with E-state index in [-0.39, 0.29) is 11.6 Å². The highest BCUT2D eigenvalue weighted by Crippen LogP contribution is 2.42. The van der Waals surface area contributed by atoms with Gasteiger partial charge in [0.05, 0.1) is 0 Å². The number of piperidine rings is 1. The molecule has 0 saturated carbocycles. The summed E-state index contributed by atoms with van der Waals surface area (Å²) in [6.45, 7) is 4.91. The topological polar surface area (TPSA) is 61.9 Å². The molecule has 1 spiro atoms. The first-order valence-electron chi connectivity index (χ1n) is 6.60. The summed E-state index contributed by atoms with van der Waals surface area (Å²) in [6.07, 6.45) is 4.60. The lowest BCUT2D eigenvalue weighted by atomic mass is 9.83. The molecule has 0 aromatic carbocycles. The van der Waals surface area contributed by atoms with Crippen LogP contribution >= 0.6 is 0 Å². The van der Waals surface area contributed by atoms with E-state index in [9.17, 15) is 4.79 Å². The molecule has 3 rings (SSSR count). The monoisotopic (exact) mass is 236 g/mol.